The van der Waals surface area contributed by atoms with Gasteiger partial charge >= 0.3 is 0 Å². The number of ether oxygens (including phenoxy) is 2. The lowest BCUT2D eigenvalue weighted by Crippen LogP contribution is -2.16. The lowest BCUT2D eigenvalue weighted by atomic mass is 10.1. The second kappa shape index (κ2) is 5.37. The molecular weight excluding hydrogens is 328 g/mol. The van der Waals surface area contributed by atoms with Gasteiger partial charge in [0.1, 0.15) is 13.2 Å². The zero-order valence-electron chi connectivity index (χ0n) is 10.8. The summed E-state index contributed by atoms with van der Waals surface area (Å²) in [4.78, 5) is 1.36. The standard InChI is InChI=1S/C12H13BrN4O3/c1-17-15-11(14-16-17)6-9(18)7-4-8(13)12-10(5-7)19-2-3-20-12/h4-5,9,18H,2-3,6H2,1H3. The number of hydrogen-bond acceptors (Lipinski definition) is 6. The highest BCUT2D eigenvalue weighted by molar-refractivity contribution is 9.10. The van der Waals surface area contributed by atoms with Crippen LogP contribution in [0.15, 0.2) is 16.6 Å². The topological polar surface area (TPSA) is 82.3 Å². The SMILES string of the molecule is Cn1nnc(CC(O)c2cc(Br)c3c(c2)OCCO3)n1. The number of nitrogens with zero attached hydrogens (tertiary/aromatic N) is 4. The summed E-state index contributed by atoms with van der Waals surface area (Å²) in [6, 6.07) is 3.59. The van der Waals surface area contributed by atoms with Gasteiger partial charge in [0.15, 0.2) is 17.3 Å². The minimum Gasteiger partial charge on any atom is -0.486 e. The molecule has 1 N–H and O–H groups in total. The van der Waals surface area contributed by atoms with Crippen molar-refractivity contribution in [3.8, 4) is 11.5 Å². The van der Waals surface area contributed by atoms with E-state index in [2.05, 4.69) is 31.3 Å². The van der Waals surface area contributed by atoms with Crippen molar-refractivity contribution in [1.82, 2.24) is 20.2 Å². The summed E-state index contributed by atoms with van der Waals surface area (Å²) in [6.07, 6.45) is -0.439. The van der Waals surface area contributed by atoms with Crippen LogP contribution < -0.4 is 9.47 Å². The third-order valence-electron chi connectivity index (χ3n) is 2.93. The van der Waals surface area contributed by atoms with Crippen LogP contribution in [0.2, 0.25) is 0 Å². The third kappa shape index (κ3) is 2.61. The summed E-state index contributed by atoms with van der Waals surface area (Å²) in [5.74, 6) is 1.79. The molecule has 3 rings (SSSR count). The quantitative estimate of drug-likeness (QED) is 0.898. The number of aliphatic hydroxyl groups excluding tert-OH is 1. The Labute approximate surface area is 123 Å². The van der Waals surface area contributed by atoms with Crippen molar-refractivity contribution in [2.75, 3.05) is 13.2 Å². The number of aryl methyl sites for hydroxylation is 1. The zero-order chi connectivity index (χ0) is 14.1. The molecule has 106 valence electrons. The van der Waals surface area contributed by atoms with Gasteiger partial charge in [-0.15, -0.1) is 10.2 Å². The molecular formula is C12H13BrN4O3. The van der Waals surface area contributed by atoms with E-state index in [4.69, 9.17) is 9.47 Å². The number of aromatic nitrogens is 4. The minimum absolute atomic E-state index is 0.292. The number of hydrogen-bond donors (Lipinski definition) is 1. The largest absolute Gasteiger partial charge is 0.486 e. The summed E-state index contributed by atoms with van der Waals surface area (Å²) >= 11 is 3.43. The van der Waals surface area contributed by atoms with Gasteiger partial charge in [-0.1, -0.05) is 0 Å². The average Bonchev–Trinajstić information content (AvgIpc) is 2.84. The Bertz CT molecular complexity index is 631. The minimum atomic E-state index is -0.730. The molecule has 0 fully saturated rings. The number of tetrazole rings is 1. The van der Waals surface area contributed by atoms with Gasteiger partial charge in [-0.25, -0.2) is 0 Å². The molecule has 0 amide bonds. The molecule has 1 aliphatic heterocycles. The highest BCUT2D eigenvalue weighted by Gasteiger charge is 2.20. The van der Waals surface area contributed by atoms with E-state index in [0.29, 0.717) is 42.5 Å². The maximum absolute atomic E-state index is 10.3. The van der Waals surface area contributed by atoms with Crippen LogP contribution >= 0.6 is 15.9 Å². The van der Waals surface area contributed by atoms with Crippen molar-refractivity contribution >= 4 is 15.9 Å². The molecule has 2 aromatic rings. The smallest absolute Gasteiger partial charge is 0.177 e. The van der Waals surface area contributed by atoms with Crippen LogP contribution in [-0.4, -0.2) is 38.5 Å². The summed E-state index contributed by atoms with van der Waals surface area (Å²) in [5.41, 5.74) is 0.716. The van der Waals surface area contributed by atoms with Crippen molar-refractivity contribution < 1.29 is 14.6 Å². The van der Waals surface area contributed by atoms with Crippen LogP contribution in [0.25, 0.3) is 0 Å². The summed E-state index contributed by atoms with van der Waals surface area (Å²) in [7, 11) is 1.68. The van der Waals surface area contributed by atoms with Crippen molar-refractivity contribution in [1.29, 1.82) is 0 Å². The molecule has 0 bridgehead atoms. The van der Waals surface area contributed by atoms with Crippen molar-refractivity contribution in [3.05, 3.63) is 28.0 Å². The van der Waals surface area contributed by atoms with Gasteiger partial charge in [-0.05, 0) is 38.8 Å². The van der Waals surface area contributed by atoms with Crippen LogP contribution in [0.1, 0.15) is 17.5 Å². The highest BCUT2D eigenvalue weighted by atomic mass is 79.9. The first-order valence-corrected chi connectivity index (χ1v) is 6.93. The van der Waals surface area contributed by atoms with Crippen molar-refractivity contribution in [3.63, 3.8) is 0 Å². The lowest BCUT2D eigenvalue weighted by molar-refractivity contribution is 0.162. The third-order valence-corrected chi connectivity index (χ3v) is 3.52. The monoisotopic (exact) mass is 340 g/mol. The number of rotatable bonds is 3. The fourth-order valence-electron chi connectivity index (χ4n) is 2.02. The molecule has 1 aliphatic rings. The number of fused-ring (bicyclic) bond motifs is 1. The summed E-state index contributed by atoms with van der Waals surface area (Å²) < 4.78 is 11.8. The molecule has 0 aliphatic carbocycles. The molecule has 2 heterocycles. The van der Waals surface area contributed by atoms with Crippen LogP contribution in [0.4, 0.5) is 0 Å². The van der Waals surface area contributed by atoms with Crippen LogP contribution in [0.5, 0.6) is 11.5 Å². The Morgan fingerprint density at radius 2 is 2.20 bits per heavy atom. The summed E-state index contributed by atoms with van der Waals surface area (Å²) in [5, 5.41) is 21.9. The molecule has 0 saturated heterocycles. The van der Waals surface area contributed by atoms with Gasteiger partial charge < -0.3 is 14.6 Å². The van der Waals surface area contributed by atoms with E-state index in [1.807, 2.05) is 6.07 Å². The first kappa shape index (κ1) is 13.3. The molecule has 1 aromatic carbocycles. The normalized spacial score (nSPS) is 15.2. The van der Waals surface area contributed by atoms with E-state index in [-0.39, 0.29) is 0 Å². The highest BCUT2D eigenvalue weighted by Crippen LogP contribution is 2.40. The first-order valence-electron chi connectivity index (χ1n) is 6.13. The van der Waals surface area contributed by atoms with E-state index >= 15 is 0 Å². The van der Waals surface area contributed by atoms with Crippen LogP contribution in [0, 0.1) is 0 Å². The molecule has 0 radical (unpaired) electrons. The molecule has 0 spiro atoms. The van der Waals surface area contributed by atoms with Gasteiger partial charge in [-0.3, -0.25) is 0 Å². The van der Waals surface area contributed by atoms with E-state index in [1.165, 1.54) is 4.80 Å². The predicted molar refractivity (Wildman–Crippen MR) is 72.6 cm³/mol. The Morgan fingerprint density at radius 3 is 2.95 bits per heavy atom. The summed E-state index contributed by atoms with van der Waals surface area (Å²) in [6.45, 7) is 1.03. The zero-order valence-corrected chi connectivity index (χ0v) is 12.4. The van der Waals surface area contributed by atoms with Crippen LogP contribution in [-0.2, 0) is 13.5 Å². The Morgan fingerprint density at radius 1 is 1.40 bits per heavy atom. The Hall–Kier alpha value is -1.67. The number of aliphatic hydroxyl groups is 1. The number of halogens is 1. The van der Waals surface area contributed by atoms with Gasteiger partial charge in [-0.2, -0.15) is 4.80 Å². The molecule has 8 heteroatoms. The average molecular weight is 341 g/mol. The fourth-order valence-corrected chi connectivity index (χ4v) is 2.59. The second-order valence-electron chi connectivity index (χ2n) is 4.44. The Balaban J connectivity index is 1.84. The van der Waals surface area contributed by atoms with Gasteiger partial charge in [0.05, 0.1) is 17.6 Å². The molecule has 1 aromatic heterocycles. The molecule has 20 heavy (non-hydrogen) atoms. The predicted octanol–water partition coefficient (Wildman–Crippen LogP) is 1.02. The molecule has 1 atom stereocenters. The number of benzene rings is 1. The molecule has 7 nitrogen and oxygen atoms in total. The van der Waals surface area contributed by atoms with Gasteiger partial charge in [0.25, 0.3) is 0 Å². The van der Waals surface area contributed by atoms with Gasteiger partial charge in [0.2, 0.25) is 0 Å². The van der Waals surface area contributed by atoms with E-state index in [1.54, 1.807) is 13.1 Å². The van der Waals surface area contributed by atoms with Gasteiger partial charge in [0, 0.05) is 6.42 Å². The van der Waals surface area contributed by atoms with E-state index < -0.39 is 6.10 Å². The van der Waals surface area contributed by atoms with E-state index in [9.17, 15) is 5.11 Å². The fraction of sp³-hybridized carbons (Fsp3) is 0.417. The van der Waals surface area contributed by atoms with Crippen molar-refractivity contribution in [2.45, 2.75) is 12.5 Å². The lowest BCUT2D eigenvalue weighted by Gasteiger charge is -2.21. The molecule has 0 saturated carbocycles. The maximum atomic E-state index is 10.3. The van der Waals surface area contributed by atoms with E-state index in [0.717, 1.165) is 4.47 Å². The first-order chi connectivity index (χ1) is 9.63. The molecule has 1 unspecified atom stereocenters. The maximum Gasteiger partial charge on any atom is 0.177 e. The van der Waals surface area contributed by atoms with Crippen LogP contribution in [0.3, 0.4) is 0 Å². The Kier molecular flexibility index (Phi) is 3.58. The second-order valence-corrected chi connectivity index (χ2v) is 5.30. The van der Waals surface area contributed by atoms with Crippen molar-refractivity contribution in [2.24, 2.45) is 7.05 Å².